The van der Waals surface area contributed by atoms with Gasteiger partial charge in [0.2, 0.25) is 0 Å². The van der Waals surface area contributed by atoms with E-state index >= 15 is 0 Å². The first-order valence-corrected chi connectivity index (χ1v) is 5.13. The molecule has 0 bridgehead atoms. The summed E-state index contributed by atoms with van der Waals surface area (Å²) in [5, 5.41) is 29.3. The summed E-state index contributed by atoms with van der Waals surface area (Å²) in [4.78, 5) is 18.7. The largest absolute Gasteiger partial charge is 0.502 e. The average Bonchev–Trinajstić information content (AvgIpc) is 2.30. The van der Waals surface area contributed by atoms with E-state index < -0.39 is 27.0 Å². The number of ether oxygens (including phenoxy) is 1. The molecule has 0 saturated carbocycles. The first-order valence-electron chi connectivity index (χ1n) is 5.13. The van der Waals surface area contributed by atoms with Gasteiger partial charge in [-0.25, -0.2) is 0 Å². The minimum atomic E-state index is -0.887. The highest BCUT2D eigenvalue weighted by atomic mass is 16.6. The molecule has 18 heavy (non-hydrogen) atoms. The molecular formula is C10H14N2O6. The summed E-state index contributed by atoms with van der Waals surface area (Å²) >= 11 is 0. The van der Waals surface area contributed by atoms with Gasteiger partial charge < -0.3 is 9.84 Å². The van der Waals surface area contributed by atoms with Crippen molar-refractivity contribution in [3.8, 4) is 5.75 Å². The lowest BCUT2D eigenvalue weighted by molar-refractivity contribution is -0.394. The monoisotopic (exact) mass is 258 g/mol. The molecular weight excluding hydrogens is 244 g/mol. The maximum absolute atomic E-state index is 10.2. The molecule has 0 heterocycles. The van der Waals surface area contributed by atoms with Crippen molar-refractivity contribution >= 4 is 11.4 Å². The molecule has 0 aliphatic carbocycles. The second kappa shape index (κ2) is 7.96. The third kappa shape index (κ3) is 5.21. The number of nitrogens with zero attached hydrogens (tertiary/aromatic N) is 2. The molecule has 1 N–H and O–H groups in total. The molecule has 100 valence electrons. The van der Waals surface area contributed by atoms with Crippen molar-refractivity contribution in [3.63, 3.8) is 0 Å². The normalized spacial score (nSPS) is 9.22. The lowest BCUT2D eigenvalue weighted by atomic mass is 10.2. The topological polar surface area (TPSA) is 116 Å². The van der Waals surface area contributed by atoms with Crippen molar-refractivity contribution in [1.29, 1.82) is 0 Å². The van der Waals surface area contributed by atoms with Crippen LogP contribution in [0.3, 0.4) is 0 Å². The first-order chi connectivity index (χ1) is 8.43. The molecule has 0 atom stereocenters. The Kier molecular flexibility index (Phi) is 6.98. The van der Waals surface area contributed by atoms with Crippen LogP contribution in [-0.4, -0.2) is 28.2 Å². The van der Waals surface area contributed by atoms with Crippen molar-refractivity contribution in [2.45, 2.75) is 13.8 Å². The third-order valence-corrected chi connectivity index (χ3v) is 1.77. The van der Waals surface area contributed by atoms with Crippen LogP contribution in [-0.2, 0) is 4.74 Å². The molecule has 8 heteroatoms. The minimum absolute atomic E-state index is 0.426. The minimum Gasteiger partial charge on any atom is -0.502 e. The second-order valence-electron chi connectivity index (χ2n) is 2.97. The van der Waals surface area contributed by atoms with Crippen LogP contribution in [0.15, 0.2) is 18.2 Å². The van der Waals surface area contributed by atoms with E-state index in [1.165, 1.54) is 0 Å². The fourth-order valence-electron chi connectivity index (χ4n) is 0.976. The summed E-state index contributed by atoms with van der Waals surface area (Å²) in [6, 6.07) is 2.61. The van der Waals surface area contributed by atoms with E-state index in [0.717, 1.165) is 25.3 Å². The zero-order valence-corrected chi connectivity index (χ0v) is 10.0. The Bertz CT molecular complexity index is 419. The molecule has 0 unspecified atom stereocenters. The number of phenolic OH excluding ortho intramolecular Hbond substituents is 1. The summed E-state index contributed by atoms with van der Waals surface area (Å²) in [5.74, 6) is -0.587. The summed E-state index contributed by atoms with van der Waals surface area (Å²) in [6.45, 7) is 5.67. The molecule has 0 aliphatic rings. The molecule has 0 spiro atoms. The van der Waals surface area contributed by atoms with Crippen LogP contribution in [0.4, 0.5) is 11.4 Å². The Morgan fingerprint density at radius 1 is 1.17 bits per heavy atom. The lowest BCUT2D eigenvalue weighted by Crippen LogP contribution is -1.92. The predicted octanol–water partition coefficient (Wildman–Crippen LogP) is 2.25. The molecule has 8 nitrogen and oxygen atoms in total. The number of hydrogen-bond acceptors (Lipinski definition) is 6. The Morgan fingerprint density at radius 3 is 2.06 bits per heavy atom. The van der Waals surface area contributed by atoms with Crippen molar-refractivity contribution in [2.75, 3.05) is 13.2 Å². The van der Waals surface area contributed by atoms with E-state index in [4.69, 9.17) is 9.84 Å². The van der Waals surface area contributed by atoms with Gasteiger partial charge in [-0.3, -0.25) is 20.2 Å². The van der Waals surface area contributed by atoms with Crippen LogP contribution in [0.1, 0.15) is 13.8 Å². The van der Waals surface area contributed by atoms with E-state index in [0.29, 0.717) is 6.07 Å². The number of hydrogen-bond donors (Lipinski definition) is 1. The highest BCUT2D eigenvalue weighted by molar-refractivity contribution is 5.52. The zero-order chi connectivity index (χ0) is 14.1. The summed E-state index contributed by atoms with van der Waals surface area (Å²) < 4.78 is 4.83. The highest BCUT2D eigenvalue weighted by Gasteiger charge is 2.18. The number of rotatable bonds is 4. The fourth-order valence-corrected chi connectivity index (χ4v) is 0.976. The van der Waals surface area contributed by atoms with Crippen LogP contribution in [0, 0.1) is 20.2 Å². The molecule has 1 rings (SSSR count). The van der Waals surface area contributed by atoms with Crippen molar-refractivity contribution in [2.24, 2.45) is 0 Å². The maximum atomic E-state index is 10.2. The van der Waals surface area contributed by atoms with Gasteiger partial charge in [-0.15, -0.1) is 0 Å². The summed E-state index contributed by atoms with van der Waals surface area (Å²) in [7, 11) is 0. The van der Waals surface area contributed by atoms with Gasteiger partial charge in [0, 0.05) is 19.3 Å². The molecule has 0 radical (unpaired) electrons. The SMILES string of the molecule is CCOCC.O=[N+]([O-])c1ccc(O)c([N+](=O)[O-])c1. The Morgan fingerprint density at radius 2 is 1.72 bits per heavy atom. The van der Waals surface area contributed by atoms with Crippen molar-refractivity contribution in [3.05, 3.63) is 38.4 Å². The van der Waals surface area contributed by atoms with Crippen LogP contribution < -0.4 is 0 Å². The van der Waals surface area contributed by atoms with Gasteiger partial charge in [0.15, 0.2) is 5.75 Å². The average molecular weight is 258 g/mol. The van der Waals surface area contributed by atoms with Crippen molar-refractivity contribution < 1.29 is 19.7 Å². The molecule has 0 aromatic heterocycles. The smallest absolute Gasteiger partial charge is 0.317 e. The van der Waals surface area contributed by atoms with Gasteiger partial charge in [-0.05, 0) is 19.9 Å². The van der Waals surface area contributed by atoms with Crippen LogP contribution in [0.5, 0.6) is 5.75 Å². The van der Waals surface area contributed by atoms with Crippen LogP contribution in [0.25, 0.3) is 0 Å². The van der Waals surface area contributed by atoms with Gasteiger partial charge in [0.1, 0.15) is 0 Å². The Labute approximate surface area is 103 Å². The van der Waals surface area contributed by atoms with Gasteiger partial charge in [-0.1, -0.05) is 0 Å². The predicted molar refractivity (Wildman–Crippen MR) is 63.6 cm³/mol. The number of aromatic hydroxyl groups is 1. The molecule has 1 aromatic rings. The number of phenols is 1. The van der Waals surface area contributed by atoms with Gasteiger partial charge in [0.25, 0.3) is 5.69 Å². The fraction of sp³-hybridized carbons (Fsp3) is 0.400. The first kappa shape index (κ1) is 15.8. The molecule has 0 amide bonds. The van der Waals surface area contributed by atoms with E-state index in [9.17, 15) is 20.2 Å². The Balaban J connectivity index is 0.000000494. The van der Waals surface area contributed by atoms with Gasteiger partial charge in [0.05, 0.1) is 15.9 Å². The summed E-state index contributed by atoms with van der Waals surface area (Å²) in [5.41, 5.74) is -1.10. The molecule has 0 aliphatic heterocycles. The summed E-state index contributed by atoms with van der Waals surface area (Å²) in [6.07, 6.45) is 0. The van der Waals surface area contributed by atoms with Gasteiger partial charge in [-0.2, -0.15) is 0 Å². The van der Waals surface area contributed by atoms with E-state index in [1.54, 1.807) is 0 Å². The van der Waals surface area contributed by atoms with Crippen LogP contribution in [0.2, 0.25) is 0 Å². The number of nitro groups is 2. The number of benzene rings is 1. The number of nitro benzene ring substituents is 2. The Hall–Kier alpha value is -2.22. The lowest BCUT2D eigenvalue weighted by Gasteiger charge is -1.94. The van der Waals surface area contributed by atoms with Crippen molar-refractivity contribution in [1.82, 2.24) is 0 Å². The second-order valence-corrected chi connectivity index (χ2v) is 2.97. The number of non-ortho nitro benzene ring substituents is 1. The van der Waals surface area contributed by atoms with E-state index in [1.807, 2.05) is 13.8 Å². The molecule has 0 saturated heterocycles. The van der Waals surface area contributed by atoms with E-state index in [-0.39, 0.29) is 0 Å². The highest BCUT2D eigenvalue weighted by Crippen LogP contribution is 2.29. The third-order valence-electron chi connectivity index (χ3n) is 1.77. The molecule has 1 aromatic carbocycles. The van der Waals surface area contributed by atoms with E-state index in [2.05, 4.69) is 0 Å². The quantitative estimate of drug-likeness (QED) is 0.654. The zero-order valence-electron chi connectivity index (χ0n) is 10.0. The van der Waals surface area contributed by atoms with Crippen LogP contribution >= 0.6 is 0 Å². The van der Waals surface area contributed by atoms with Gasteiger partial charge >= 0.3 is 5.69 Å². The maximum Gasteiger partial charge on any atom is 0.317 e. The standard InChI is InChI=1S/C6H4N2O5.C4H10O/c9-6-2-1-4(7(10)11)3-5(6)8(12)13;1-3-5-4-2/h1-3,9H;3-4H2,1-2H3. The molecule has 0 fully saturated rings.